The lowest BCUT2D eigenvalue weighted by Crippen LogP contribution is -2.49. The molecule has 0 saturated carbocycles. The van der Waals surface area contributed by atoms with Gasteiger partial charge in [0.2, 0.25) is 0 Å². The van der Waals surface area contributed by atoms with Crippen molar-refractivity contribution < 1.29 is 41.4 Å². The lowest BCUT2D eigenvalue weighted by molar-refractivity contribution is -0.192. The quantitative estimate of drug-likeness (QED) is 0.421. The van der Waals surface area contributed by atoms with Gasteiger partial charge in [0.15, 0.2) is 0 Å². The zero-order valence-electron chi connectivity index (χ0n) is 22.1. The highest BCUT2D eigenvalue weighted by Crippen LogP contribution is 2.22. The summed E-state index contributed by atoms with van der Waals surface area (Å²) >= 11 is 0. The lowest BCUT2D eigenvalue weighted by Gasteiger charge is -2.37. The topological polar surface area (TPSA) is 82.1 Å². The molecule has 0 aromatic heterocycles. The van der Waals surface area contributed by atoms with Gasteiger partial charge in [-0.2, -0.15) is 13.2 Å². The number of alkyl halides is 3. The molecule has 0 aliphatic carbocycles. The molecule has 0 spiro atoms. The number of carbonyl (C=O) groups excluding carboxylic acids is 1. The second kappa shape index (κ2) is 14.7. The number of amides is 2. The summed E-state index contributed by atoms with van der Waals surface area (Å²) in [6, 6.07) is 11.0. The summed E-state index contributed by atoms with van der Waals surface area (Å²) in [6.45, 7) is 6.74. The highest BCUT2D eigenvalue weighted by molar-refractivity contribution is 5.74. The third-order valence-electron chi connectivity index (χ3n) is 5.97. The lowest BCUT2D eigenvalue weighted by atomic mass is 10.0. The van der Waals surface area contributed by atoms with Crippen LogP contribution in [0.2, 0.25) is 0 Å². The van der Waals surface area contributed by atoms with E-state index in [2.05, 4.69) is 24.1 Å². The van der Waals surface area contributed by atoms with Crippen molar-refractivity contribution in [3.63, 3.8) is 0 Å². The highest BCUT2D eigenvalue weighted by atomic mass is 19.4. The Kier molecular flexibility index (Phi) is 12.0. The molecule has 0 bridgehead atoms. The van der Waals surface area contributed by atoms with Gasteiger partial charge in [0.05, 0.1) is 13.2 Å². The Hall–Kier alpha value is -3.41. The number of aliphatic carboxylic acids is 1. The minimum atomic E-state index is -5.08. The minimum Gasteiger partial charge on any atom is -0.493 e. The molecule has 1 aliphatic rings. The Balaban J connectivity index is 0.000000673. The molecule has 39 heavy (non-hydrogen) atoms. The number of nitrogens with zero attached hydrogens (tertiary/aromatic N) is 2. The summed E-state index contributed by atoms with van der Waals surface area (Å²) in [6.07, 6.45) is -3.55. The van der Waals surface area contributed by atoms with E-state index in [1.54, 1.807) is 4.90 Å². The van der Waals surface area contributed by atoms with E-state index in [1.165, 1.54) is 18.2 Å². The van der Waals surface area contributed by atoms with E-state index in [0.717, 1.165) is 37.2 Å². The fourth-order valence-electron chi connectivity index (χ4n) is 3.77. The van der Waals surface area contributed by atoms with Crippen LogP contribution in [0, 0.1) is 17.6 Å². The molecule has 12 heteroatoms. The van der Waals surface area contributed by atoms with Crippen molar-refractivity contribution in [1.29, 1.82) is 0 Å². The third-order valence-corrected chi connectivity index (χ3v) is 5.97. The Morgan fingerprint density at radius 2 is 1.62 bits per heavy atom. The number of benzene rings is 2. The number of hydrogen-bond acceptors (Lipinski definition) is 4. The molecule has 0 atom stereocenters. The second-order valence-electron chi connectivity index (χ2n) is 9.67. The number of carboxylic acid groups (broad SMARTS) is 1. The van der Waals surface area contributed by atoms with Crippen molar-refractivity contribution in [1.82, 2.24) is 15.1 Å². The van der Waals surface area contributed by atoms with E-state index in [0.29, 0.717) is 19.1 Å². The Morgan fingerprint density at radius 1 is 1.08 bits per heavy atom. The number of carbonyl (C=O) groups is 2. The van der Waals surface area contributed by atoms with Gasteiger partial charge < -0.3 is 25.0 Å². The van der Waals surface area contributed by atoms with Gasteiger partial charge >= 0.3 is 18.2 Å². The average molecular weight is 560 g/mol. The number of ether oxygens (including phenoxy) is 1. The number of piperidine rings is 1. The zero-order valence-corrected chi connectivity index (χ0v) is 22.1. The van der Waals surface area contributed by atoms with Gasteiger partial charge in [-0.05, 0) is 68.7 Å². The second-order valence-corrected chi connectivity index (χ2v) is 9.67. The number of likely N-dealkylation sites (tertiary alicyclic amines) is 1. The first-order valence-electron chi connectivity index (χ1n) is 12.5. The number of rotatable bonds is 8. The van der Waals surface area contributed by atoms with Gasteiger partial charge in [-0.1, -0.05) is 32.0 Å². The van der Waals surface area contributed by atoms with Crippen molar-refractivity contribution in [2.75, 3.05) is 26.7 Å². The monoisotopic (exact) mass is 559 g/mol. The predicted molar refractivity (Wildman–Crippen MR) is 135 cm³/mol. The molecule has 2 aromatic carbocycles. The maximum Gasteiger partial charge on any atom is 0.490 e. The van der Waals surface area contributed by atoms with Gasteiger partial charge in [-0.15, -0.1) is 0 Å². The van der Waals surface area contributed by atoms with Crippen LogP contribution in [0.1, 0.15) is 37.8 Å². The van der Waals surface area contributed by atoms with Gasteiger partial charge in [-0.3, -0.25) is 0 Å². The Morgan fingerprint density at radius 3 is 2.10 bits per heavy atom. The molecule has 1 aliphatic heterocycles. The number of halogens is 5. The molecule has 0 unspecified atom stereocenters. The summed E-state index contributed by atoms with van der Waals surface area (Å²) in [5, 5.41) is 10.0. The van der Waals surface area contributed by atoms with E-state index in [-0.39, 0.29) is 24.2 Å². The largest absolute Gasteiger partial charge is 0.493 e. The van der Waals surface area contributed by atoms with Crippen molar-refractivity contribution in [2.24, 2.45) is 5.92 Å². The Bertz CT molecular complexity index is 1050. The molecule has 216 valence electrons. The van der Waals surface area contributed by atoms with E-state index < -0.39 is 23.8 Å². The molecule has 1 heterocycles. The van der Waals surface area contributed by atoms with Crippen LogP contribution in [0.4, 0.5) is 26.7 Å². The Labute approximate surface area is 224 Å². The van der Waals surface area contributed by atoms with Crippen molar-refractivity contribution in [3.8, 4) is 5.75 Å². The first kappa shape index (κ1) is 31.8. The molecule has 0 radical (unpaired) electrons. The molecule has 3 rings (SSSR count). The maximum absolute atomic E-state index is 14.3. The molecule has 1 fully saturated rings. The molecule has 7 nitrogen and oxygen atoms in total. The number of hydrogen-bond donors (Lipinski definition) is 2. The van der Waals surface area contributed by atoms with Crippen LogP contribution in [0.5, 0.6) is 5.75 Å². The van der Waals surface area contributed by atoms with Crippen LogP contribution in [0.15, 0.2) is 42.5 Å². The SMILES string of the molecule is CC(C)COc1ccc(CNC(=O)N(Cc2c(F)cccc2F)C2CCN(C)CC2)cc1.O=C(O)C(F)(F)F. The number of carboxylic acids is 1. The van der Waals surface area contributed by atoms with Crippen LogP contribution >= 0.6 is 0 Å². The molecular formula is C27H34F5N3O4. The van der Waals surface area contributed by atoms with Gasteiger partial charge in [0, 0.05) is 18.2 Å². The van der Waals surface area contributed by atoms with E-state index >= 15 is 0 Å². The van der Waals surface area contributed by atoms with Crippen LogP contribution in [-0.4, -0.2) is 65.9 Å². The van der Waals surface area contributed by atoms with Crippen LogP contribution in [0.3, 0.4) is 0 Å². The summed E-state index contributed by atoms with van der Waals surface area (Å²) in [7, 11) is 2.03. The first-order chi connectivity index (χ1) is 18.3. The van der Waals surface area contributed by atoms with E-state index in [9.17, 15) is 26.7 Å². The van der Waals surface area contributed by atoms with Crippen molar-refractivity contribution in [3.05, 3.63) is 65.2 Å². The zero-order chi connectivity index (χ0) is 29.2. The molecule has 2 amide bonds. The van der Waals surface area contributed by atoms with Gasteiger partial charge in [-0.25, -0.2) is 18.4 Å². The highest BCUT2D eigenvalue weighted by Gasteiger charge is 2.38. The summed E-state index contributed by atoms with van der Waals surface area (Å²) < 4.78 is 66.0. The normalized spacial score (nSPS) is 14.4. The minimum absolute atomic E-state index is 0.0722. The predicted octanol–water partition coefficient (Wildman–Crippen LogP) is 5.44. The molecule has 2 N–H and O–H groups in total. The van der Waals surface area contributed by atoms with Gasteiger partial charge in [0.1, 0.15) is 17.4 Å². The first-order valence-corrected chi connectivity index (χ1v) is 12.5. The summed E-state index contributed by atoms with van der Waals surface area (Å²) in [5.41, 5.74) is 0.851. The van der Waals surface area contributed by atoms with Gasteiger partial charge in [0.25, 0.3) is 0 Å². The number of nitrogens with one attached hydrogen (secondary N) is 1. The fraction of sp³-hybridized carbons (Fsp3) is 0.481. The van der Waals surface area contributed by atoms with Crippen LogP contribution in [-0.2, 0) is 17.9 Å². The smallest absolute Gasteiger partial charge is 0.490 e. The van der Waals surface area contributed by atoms with E-state index in [4.69, 9.17) is 14.6 Å². The molecule has 1 saturated heterocycles. The fourth-order valence-corrected chi connectivity index (χ4v) is 3.77. The standard InChI is InChI=1S/C25H33F2N3O2.C2HF3O2/c1-18(2)17-32-21-9-7-19(8-10-21)15-28-25(31)30(20-11-13-29(3)14-12-20)16-22-23(26)5-4-6-24(22)27;3-2(4,5)1(6)7/h4-10,18,20H,11-17H2,1-3H3,(H,28,31);(H,6,7). The summed E-state index contributed by atoms with van der Waals surface area (Å²) in [5.74, 6) is -2.79. The van der Waals surface area contributed by atoms with E-state index in [1.807, 2.05) is 31.3 Å². The molecular weight excluding hydrogens is 525 g/mol. The average Bonchev–Trinajstić information content (AvgIpc) is 2.87. The molecule has 2 aromatic rings. The third kappa shape index (κ3) is 10.7. The number of urea groups is 1. The van der Waals surface area contributed by atoms with Crippen LogP contribution < -0.4 is 10.1 Å². The van der Waals surface area contributed by atoms with Crippen molar-refractivity contribution in [2.45, 2.75) is 52.0 Å². The van der Waals surface area contributed by atoms with Crippen LogP contribution in [0.25, 0.3) is 0 Å². The summed E-state index contributed by atoms with van der Waals surface area (Å²) in [4.78, 5) is 25.8. The maximum atomic E-state index is 14.3. The van der Waals surface area contributed by atoms with Crippen molar-refractivity contribution >= 4 is 12.0 Å².